The summed E-state index contributed by atoms with van der Waals surface area (Å²) < 4.78 is 10.4. The van der Waals surface area contributed by atoms with Gasteiger partial charge in [-0.25, -0.2) is 14.6 Å². The van der Waals surface area contributed by atoms with Gasteiger partial charge in [0.15, 0.2) is 0 Å². The average molecular weight is 403 g/mol. The molecular weight excluding hydrogens is 382 g/mol. The Kier molecular flexibility index (Phi) is 7.56. The molecule has 2 amide bonds. The van der Waals surface area contributed by atoms with Crippen molar-refractivity contribution < 1.29 is 19.1 Å². The lowest BCUT2D eigenvalue weighted by Gasteiger charge is -2.11. The summed E-state index contributed by atoms with van der Waals surface area (Å²) >= 11 is 0. The maximum absolute atomic E-state index is 12.2. The van der Waals surface area contributed by atoms with Crippen LogP contribution in [0.3, 0.4) is 0 Å². The maximum Gasteiger partial charge on any atom is 0.414 e. The van der Waals surface area contributed by atoms with Crippen molar-refractivity contribution in [3.05, 3.63) is 102 Å². The fourth-order valence-corrected chi connectivity index (χ4v) is 2.43. The van der Waals surface area contributed by atoms with Crippen molar-refractivity contribution in [2.45, 2.75) is 13.2 Å². The van der Waals surface area contributed by atoms with Crippen LogP contribution in [0, 0.1) is 0 Å². The second-order valence-electron chi connectivity index (χ2n) is 6.17. The lowest BCUT2D eigenvalue weighted by Crippen LogP contribution is -2.44. The van der Waals surface area contributed by atoms with E-state index < -0.39 is 12.2 Å². The van der Waals surface area contributed by atoms with Crippen LogP contribution >= 0.6 is 0 Å². The molecule has 7 heteroatoms. The van der Waals surface area contributed by atoms with E-state index in [9.17, 15) is 9.59 Å². The zero-order chi connectivity index (χ0) is 21.0. The molecule has 0 aliphatic carbocycles. The number of guanidine groups is 1. The smallest absolute Gasteiger partial charge is 0.414 e. The Balaban J connectivity index is 1.60. The van der Waals surface area contributed by atoms with Crippen molar-refractivity contribution in [2.24, 2.45) is 4.99 Å². The number of alkyl carbamates (subject to hydrolysis) is 2. The number of hydrogen-bond acceptors (Lipinski definition) is 5. The summed E-state index contributed by atoms with van der Waals surface area (Å²) in [7, 11) is 0. The van der Waals surface area contributed by atoms with E-state index in [1.807, 2.05) is 66.7 Å². The van der Waals surface area contributed by atoms with Crippen LogP contribution in [0.2, 0.25) is 0 Å². The standard InChI is InChI=1S/C23H21N3O4/c27-22(29-16-18-10-4-1-5-11-18)25-21(24-20-14-8-3-9-15-20)26-23(28)30-17-19-12-6-2-7-13-19/h1-15H,16-17H2,(H2,24,25,26,27,28). The molecule has 0 heterocycles. The number of carbonyl (C=O) groups is 2. The van der Waals surface area contributed by atoms with Gasteiger partial charge in [-0.1, -0.05) is 78.9 Å². The molecule has 0 bridgehead atoms. The van der Waals surface area contributed by atoms with Crippen LogP contribution in [0.25, 0.3) is 0 Å². The van der Waals surface area contributed by atoms with Gasteiger partial charge < -0.3 is 9.47 Å². The van der Waals surface area contributed by atoms with Crippen LogP contribution in [0.4, 0.5) is 15.3 Å². The van der Waals surface area contributed by atoms with Gasteiger partial charge in [0.1, 0.15) is 13.2 Å². The molecule has 0 unspecified atom stereocenters. The summed E-state index contributed by atoms with van der Waals surface area (Å²) in [6.45, 7) is 0.174. The van der Waals surface area contributed by atoms with E-state index in [0.29, 0.717) is 5.69 Å². The highest BCUT2D eigenvalue weighted by molar-refractivity contribution is 6.02. The van der Waals surface area contributed by atoms with Crippen LogP contribution in [-0.4, -0.2) is 18.1 Å². The van der Waals surface area contributed by atoms with Crippen LogP contribution in [0.5, 0.6) is 0 Å². The highest BCUT2D eigenvalue weighted by atomic mass is 16.6. The SMILES string of the molecule is O=C(NC(=Nc1ccccc1)NC(=O)OCc1ccccc1)OCc1ccccc1. The molecule has 152 valence electrons. The van der Waals surface area contributed by atoms with Gasteiger partial charge in [-0.15, -0.1) is 0 Å². The van der Waals surface area contributed by atoms with Crippen LogP contribution in [-0.2, 0) is 22.7 Å². The first kappa shape index (κ1) is 20.6. The van der Waals surface area contributed by atoms with E-state index in [-0.39, 0.29) is 19.2 Å². The first-order valence-electron chi connectivity index (χ1n) is 9.28. The fourth-order valence-electron chi connectivity index (χ4n) is 2.43. The number of ether oxygens (including phenoxy) is 2. The van der Waals surface area contributed by atoms with Crippen molar-refractivity contribution in [1.29, 1.82) is 0 Å². The Bertz CT molecular complexity index is 918. The Morgan fingerprint density at radius 3 is 1.47 bits per heavy atom. The molecule has 0 spiro atoms. The van der Waals surface area contributed by atoms with Gasteiger partial charge in [0, 0.05) is 0 Å². The van der Waals surface area contributed by atoms with Gasteiger partial charge in [-0.05, 0) is 23.3 Å². The number of para-hydroxylation sites is 1. The Morgan fingerprint density at radius 1 is 0.633 bits per heavy atom. The van der Waals surface area contributed by atoms with Crippen molar-refractivity contribution in [3.8, 4) is 0 Å². The Labute approximate surface area is 174 Å². The summed E-state index contributed by atoms with van der Waals surface area (Å²) in [5.41, 5.74) is 2.22. The highest BCUT2D eigenvalue weighted by Crippen LogP contribution is 2.09. The van der Waals surface area contributed by atoms with E-state index in [2.05, 4.69) is 15.6 Å². The zero-order valence-corrected chi connectivity index (χ0v) is 16.2. The predicted molar refractivity (Wildman–Crippen MR) is 113 cm³/mol. The Hall–Kier alpha value is -4.13. The Morgan fingerprint density at radius 2 is 1.03 bits per heavy atom. The number of amides is 2. The van der Waals surface area contributed by atoms with Crippen molar-refractivity contribution in [3.63, 3.8) is 0 Å². The summed E-state index contributed by atoms with van der Waals surface area (Å²) in [5.74, 6) is -0.0997. The lowest BCUT2D eigenvalue weighted by atomic mass is 10.2. The third-order valence-corrected chi connectivity index (χ3v) is 3.86. The van der Waals surface area contributed by atoms with Crippen LogP contribution in [0.1, 0.15) is 11.1 Å². The van der Waals surface area contributed by atoms with Gasteiger partial charge in [0.25, 0.3) is 0 Å². The fraction of sp³-hybridized carbons (Fsp3) is 0.0870. The summed E-state index contributed by atoms with van der Waals surface area (Å²) in [4.78, 5) is 28.6. The van der Waals surface area contributed by atoms with E-state index in [0.717, 1.165) is 11.1 Å². The lowest BCUT2D eigenvalue weighted by molar-refractivity contribution is 0.141. The minimum absolute atomic E-state index is 0.0870. The molecule has 7 nitrogen and oxygen atoms in total. The second-order valence-corrected chi connectivity index (χ2v) is 6.17. The molecule has 0 radical (unpaired) electrons. The number of hydrogen-bond donors (Lipinski definition) is 2. The zero-order valence-electron chi connectivity index (χ0n) is 16.2. The molecule has 0 saturated heterocycles. The van der Waals surface area contributed by atoms with Gasteiger partial charge >= 0.3 is 12.2 Å². The largest absolute Gasteiger partial charge is 0.444 e. The molecule has 3 rings (SSSR count). The average Bonchev–Trinajstić information content (AvgIpc) is 2.78. The van der Waals surface area contributed by atoms with Crippen molar-refractivity contribution in [2.75, 3.05) is 0 Å². The van der Waals surface area contributed by atoms with Crippen molar-refractivity contribution in [1.82, 2.24) is 10.6 Å². The molecule has 0 atom stereocenters. The van der Waals surface area contributed by atoms with E-state index >= 15 is 0 Å². The molecule has 0 aromatic heterocycles. The normalized spacial score (nSPS) is 9.87. The third-order valence-electron chi connectivity index (χ3n) is 3.86. The van der Waals surface area contributed by atoms with E-state index in [1.54, 1.807) is 24.3 Å². The topological polar surface area (TPSA) is 89.0 Å². The monoisotopic (exact) mass is 403 g/mol. The van der Waals surface area contributed by atoms with E-state index in [4.69, 9.17) is 9.47 Å². The number of carbonyl (C=O) groups excluding carboxylic acids is 2. The maximum atomic E-state index is 12.2. The highest BCUT2D eigenvalue weighted by Gasteiger charge is 2.12. The summed E-state index contributed by atoms with van der Waals surface area (Å²) in [6.07, 6.45) is -1.51. The quantitative estimate of drug-likeness (QED) is 0.484. The molecule has 0 aliphatic rings. The molecule has 30 heavy (non-hydrogen) atoms. The first-order chi connectivity index (χ1) is 14.7. The molecule has 0 aliphatic heterocycles. The minimum atomic E-state index is -0.753. The number of rotatable bonds is 5. The van der Waals surface area contributed by atoms with Gasteiger partial charge in [0.05, 0.1) is 5.69 Å². The van der Waals surface area contributed by atoms with Crippen LogP contribution < -0.4 is 10.6 Å². The van der Waals surface area contributed by atoms with E-state index in [1.165, 1.54) is 0 Å². The minimum Gasteiger partial charge on any atom is -0.444 e. The second kappa shape index (κ2) is 11.0. The number of aliphatic imine (C=N–C) groups is 1. The molecule has 0 saturated carbocycles. The first-order valence-corrected chi connectivity index (χ1v) is 9.28. The molecule has 3 aromatic rings. The van der Waals surface area contributed by atoms with Crippen molar-refractivity contribution >= 4 is 23.8 Å². The number of nitrogens with zero attached hydrogens (tertiary/aromatic N) is 1. The third kappa shape index (κ3) is 7.12. The molecule has 3 aromatic carbocycles. The van der Waals surface area contributed by atoms with Crippen LogP contribution in [0.15, 0.2) is 96.0 Å². The predicted octanol–water partition coefficient (Wildman–Crippen LogP) is 4.53. The number of nitrogens with one attached hydrogen (secondary N) is 2. The van der Waals surface area contributed by atoms with Gasteiger partial charge in [0.2, 0.25) is 5.96 Å². The van der Waals surface area contributed by atoms with Gasteiger partial charge in [-0.2, -0.15) is 0 Å². The number of benzene rings is 3. The molecule has 0 fully saturated rings. The molecule has 2 N–H and O–H groups in total. The summed E-state index contributed by atoms with van der Waals surface area (Å²) in [6, 6.07) is 27.4. The summed E-state index contributed by atoms with van der Waals surface area (Å²) in [5, 5.41) is 4.88. The van der Waals surface area contributed by atoms with Gasteiger partial charge in [-0.3, -0.25) is 10.6 Å². The molecular formula is C23H21N3O4.